The summed E-state index contributed by atoms with van der Waals surface area (Å²) in [6.07, 6.45) is 5.28. The van der Waals surface area contributed by atoms with Crippen molar-refractivity contribution in [2.24, 2.45) is 0 Å². The summed E-state index contributed by atoms with van der Waals surface area (Å²) < 4.78 is 15.1. The Bertz CT molecular complexity index is 1120. The van der Waals surface area contributed by atoms with Gasteiger partial charge in [0.25, 0.3) is 0 Å². The van der Waals surface area contributed by atoms with Crippen LogP contribution in [0.5, 0.6) is 0 Å². The number of hydrogen-bond donors (Lipinski definition) is 1. The van der Waals surface area contributed by atoms with Gasteiger partial charge in [-0.05, 0) is 35.6 Å². The van der Waals surface area contributed by atoms with E-state index >= 15 is 4.39 Å². The maximum Gasteiger partial charge on any atom is 0.144 e. The number of nitrogens with one attached hydrogen (secondary N) is 1. The zero-order valence-corrected chi connectivity index (χ0v) is 15.8. The van der Waals surface area contributed by atoms with Crippen LogP contribution in [-0.2, 0) is 12.8 Å². The molecule has 0 atom stereocenters. The summed E-state index contributed by atoms with van der Waals surface area (Å²) in [6.45, 7) is 0. The first kappa shape index (κ1) is 17.6. The Labute approximate surface area is 169 Å². The van der Waals surface area contributed by atoms with Gasteiger partial charge in [-0.2, -0.15) is 0 Å². The number of benzene rings is 3. The van der Waals surface area contributed by atoms with E-state index in [2.05, 4.69) is 39.6 Å². The van der Waals surface area contributed by atoms with E-state index in [0.717, 1.165) is 18.4 Å². The van der Waals surface area contributed by atoms with E-state index in [1.54, 1.807) is 24.5 Å². The van der Waals surface area contributed by atoms with Gasteiger partial charge >= 0.3 is 0 Å². The average Bonchev–Trinajstić information content (AvgIpc) is 3.17. The lowest BCUT2D eigenvalue weighted by Gasteiger charge is -2.13. The molecule has 29 heavy (non-hydrogen) atoms. The quantitative estimate of drug-likeness (QED) is 0.505. The lowest BCUT2D eigenvalue weighted by molar-refractivity contribution is 0.634. The summed E-state index contributed by atoms with van der Waals surface area (Å²) in [5, 5.41) is 3.45. The molecule has 0 saturated heterocycles. The van der Waals surface area contributed by atoms with Crippen molar-refractivity contribution in [1.82, 2.24) is 9.97 Å². The van der Waals surface area contributed by atoms with Gasteiger partial charge in [0.1, 0.15) is 11.6 Å². The molecule has 1 N–H and O–H groups in total. The van der Waals surface area contributed by atoms with Gasteiger partial charge in [0, 0.05) is 17.2 Å². The van der Waals surface area contributed by atoms with Gasteiger partial charge in [0.15, 0.2) is 0 Å². The van der Waals surface area contributed by atoms with Gasteiger partial charge in [-0.1, -0.05) is 66.7 Å². The van der Waals surface area contributed by atoms with Crippen LogP contribution >= 0.6 is 0 Å². The van der Waals surface area contributed by atoms with Crippen molar-refractivity contribution < 1.29 is 4.39 Å². The fourth-order valence-corrected chi connectivity index (χ4v) is 3.98. The SMILES string of the molecule is Fc1c(-c2ccccc2)cccc1-c1cnc(NC2Cc3ccccc3C2)cn1. The third-order valence-electron chi connectivity index (χ3n) is 5.41. The van der Waals surface area contributed by atoms with E-state index in [1.807, 2.05) is 36.4 Å². The highest BCUT2D eigenvalue weighted by molar-refractivity contribution is 5.72. The summed E-state index contributed by atoms with van der Waals surface area (Å²) in [5.41, 5.74) is 5.16. The summed E-state index contributed by atoms with van der Waals surface area (Å²) in [6, 6.07) is 23.7. The van der Waals surface area contributed by atoms with Crippen LogP contribution in [0.3, 0.4) is 0 Å². The van der Waals surface area contributed by atoms with Gasteiger partial charge < -0.3 is 5.32 Å². The number of anilines is 1. The molecule has 0 saturated carbocycles. The van der Waals surface area contributed by atoms with Crippen molar-refractivity contribution in [3.63, 3.8) is 0 Å². The number of rotatable bonds is 4. The number of hydrogen-bond acceptors (Lipinski definition) is 3. The smallest absolute Gasteiger partial charge is 0.144 e. The second kappa shape index (κ2) is 7.47. The van der Waals surface area contributed by atoms with Gasteiger partial charge in [-0.25, -0.2) is 9.37 Å². The van der Waals surface area contributed by atoms with E-state index in [4.69, 9.17) is 0 Å². The zero-order valence-electron chi connectivity index (χ0n) is 15.8. The molecule has 1 aliphatic rings. The summed E-state index contributed by atoms with van der Waals surface area (Å²) in [5.74, 6) is 0.436. The molecule has 0 spiro atoms. The average molecular weight is 381 g/mol. The molecule has 0 unspecified atom stereocenters. The first-order valence-corrected chi connectivity index (χ1v) is 9.77. The number of fused-ring (bicyclic) bond motifs is 1. The maximum absolute atomic E-state index is 15.1. The molecule has 0 aliphatic heterocycles. The monoisotopic (exact) mass is 381 g/mol. The number of halogens is 1. The zero-order chi connectivity index (χ0) is 19.6. The topological polar surface area (TPSA) is 37.8 Å². The second-order valence-corrected chi connectivity index (χ2v) is 7.34. The first-order chi connectivity index (χ1) is 14.3. The normalized spacial score (nSPS) is 13.3. The molecule has 0 radical (unpaired) electrons. The molecule has 4 aromatic rings. The van der Waals surface area contributed by atoms with Crippen LogP contribution in [0.25, 0.3) is 22.4 Å². The minimum atomic E-state index is -0.278. The fourth-order valence-electron chi connectivity index (χ4n) is 3.98. The minimum Gasteiger partial charge on any atom is -0.365 e. The maximum atomic E-state index is 15.1. The van der Waals surface area contributed by atoms with Crippen molar-refractivity contribution in [2.75, 3.05) is 5.32 Å². The Hall–Kier alpha value is -3.53. The highest BCUT2D eigenvalue weighted by Crippen LogP contribution is 2.30. The minimum absolute atomic E-state index is 0.278. The van der Waals surface area contributed by atoms with E-state index in [9.17, 15) is 0 Å². The van der Waals surface area contributed by atoms with Gasteiger partial charge in [0.05, 0.1) is 18.1 Å². The first-order valence-electron chi connectivity index (χ1n) is 9.77. The van der Waals surface area contributed by atoms with Crippen LogP contribution in [0.1, 0.15) is 11.1 Å². The van der Waals surface area contributed by atoms with Crippen LogP contribution in [-0.4, -0.2) is 16.0 Å². The van der Waals surface area contributed by atoms with Crippen molar-refractivity contribution in [1.29, 1.82) is 0 Å². The second-order valence-electron chi connectivity index (χ2n) is 7.34. The predicted octanol–water partition coefficient (Wildman–Crippen LogP) is 5.53. The molecule has 0 fully saturated rings. The fraction of sp³-hybridized carbons (Fsp3) is 0.120. The molecule has 3 aromatic carbocycles. The predicted molar refractivity (Wildman–Crippen MR) is 114 cm³/mol. The van der Waals surface area contributed by atoms with Crippen molar-refractivity contribution in [3.8, 4) is 22.4 Å². The van der Waals surface area contributed by atoms with Gasteiger partial charge in [0.2, 0.25) is 0 Å². The molecule has 5 rings (SSSR count). The lowest BCUT2D eigenvalue weighted by atomic mass is 10.0. The van der Waals surface area contributed by atoms with E-state index in [0.29, 0.717) is 28.7 Å². The Morgan fingerprint density at radius 3 is 2.10 bits per heavy atom. The highest BCUT2D eigenvalue weighted by atomic mass is 19.1. The molecule has 1 aromatic heterocycles. The number of nitrogens with zero attached hydrogens (tertiary/aromatic N) is 2. The third kappa shape index (κ3) is 3.49. The Morgan fingerprint density at radius 2 is 1.41 bits per heavy atom. The lowest BCUT2D eigenvalue weighted by Crippen LogP contribution is -2.20. The Morgan fingerprint density at radius 1 is 0.724 bits per heavy atom. The van der Waals surface area contributed by atoms with E-state index in [1.165, 1.54) is 11.1 Å². The Kier molecular flexibility index (Phi) is 4.53. The van der Waals surface area contributed by atoms with Crippen LogP contribution in [0.15, 0.2) is 85.2 Å². The van der Waals surface area contributed by atoms with Crippen molar-refractivity contribution >= 4 is 5.82 Å². The van der Waals surface area contributed by atoms with Gasteiger partial charge in [-0.15, -0.1) is 0 Å². The summed E-state index contributed by atoms with van der Waals surface area (Å²) in [4.78, 5) is 8.96. The standard InChI is InChI=1S/C25H20FN3/c26-25-21(17-7-2-1-3-8-17)11-6-12-22(25)23-15-28-24(16-27-23)29-20-13-18-9-4-5-10-19(18)14-20/h1-12,15-16,20H,13-14H2,(H,28,29). The molecular formula is C25H20FN3. The molecule has 0 amide bonds. The molecule has 142 valence electrons. The molecule has 4 heteroatoms. The van der Waals surface area contributed by atoms with E-state index in [-0.39, 0.29) is 5.82 Å². The molecule has 3 nitrogen and oxygen atoms in total. The molecule has 0 bridgehead atoms. The van der Waals surface area contributed by atoms with E-state index < -0.39 is 0 Å². The third-order valence-corrected chi connectivity index (χ3v) is 5.41. The molecule has 1 heterocycles. The van der Waals surface area contributed by atoms with Crippen LogP contribution in [0, 0.1) is 5.82 Å². The highest BCUT2D eigenvalue weighted by Gasteiger charge is 2.21. The van der Waals surface area contributed by atoms with Crippen molar-refractivity contribution in [3.05, 3.63) is 102 Å². The van der Waals surface area contributed by atoms with Crippen molar-refractivity contribution in [2.45, 2.75) is 18.9 Å². The van der Waals surface area contributed by atoms with Crippen LogP contribution in [0.2, 0.25) is 0 Å². The largest absolute Gasteiger partial charge is 0.365 e. The van der Waals surface area contributed by atoms with Crippen LogP contribution in [0.4, 0.5) is 10.2 Å². The summed E-state index contributed by atoms with van der Waals surface area (Å²) >= 11 is 0. The van der Waals surface area contributed by atoms with Gasteiger partial charge in [-0.3, -0.25) is 4.98 Å². The molecule has 1 aliphatic carbocycles. The molecular weight excluding hydrogens is 361 g/mol. The van der Waals surface area contributed by atoms with Crippen LogP contribution < -0.4 is 5.32 Å². The summed E-state index contributed by atoms with van der Waals surface area (Å²) in [7, 11) is 0. The number of aromatic nitrogens is 2. The Balaban J connectivity index is 1.36.